The molecular formula is C16H21F2N3O3S. The van der Waals surface area contributed by atoms with E-state index in [2.05, 4.69) is 0 Å². The summed E-state index contributed by atoms with van der Waals surface area (Å²) in [5.41, 5.74) is -0.0714. The molecule has 2 saturated heterocycles. The molecule has 1 aromatic carbocycles. The van der Waals surface area contributed by atoms with Gasteiger partial charge in [0.1, 0.15) is 11.6 Å². The monoisotopic (exact) mass is 373 g/mol. The van der Waals surface area contributed by atoms with Crippen molar-refractivity contribution in [1.82, 2.24) is 14.7 Å². The van der Waals surface area contributed by atoms with Crippen molar-refractivity contribution in [3.8, 4) is 0 Å². The summed E-state index contributed by atoms with van der Waals surface area (Å²) >= 11 is 0. The quantitative estimate of drug-likeness (QED) is 0.774. The van der Waals surface area contributed by atoms with Crippen molar-refractivity contribution >= 4 is 15.9 Å². The highest BCUT2D eigenvalue weighted by Gasteiger charge is 2.48. The number of carbonyl (C=O) groups excluding carboxylic acids is 1. The zero-order chi connectivity index (χ0) is 18.4. The molecule has 0 aromatic heterocycles. The van der Waals surface area contributed by atoms with Crippen LogP contribution in [-0.4, -0.2) is 79.9 Å². The minimum absolute atomic E-state index is 0.0147. The number of sulfone groups is 1. The summed E-state index contributed by atoms with van der Waals surface area (Å²) in [6, 6.07) is 2.47. The number of rotatable bonds is 2. The second-order valence-electron chi connectivity index (χ2n) is 6.75. The minimum atomic E-state index is -3.31. The second kappa shape index (κ2) is 6.53. The van der Waals surface area contributed by atoms with Gasteiger partial charge >= 0.3 is 6.03 Å². The highest BCUT2D eigenvalue weighted by atomic mass is 32.2. The number of urea groups is 1. The molecule has 9 heteroatoms. The molecule has 1 aromatic rings. The predicted molar refractivity (Wildman–Crippen MR) is 88.8 cm³/mol. The third-order valence-electron chi connectivity index (χ3n) is 4.84. The fraction of sp³-hybridized carbons (Fsp3) is 0.562. The number of carbonyl (C=O) groups is 1. The van der Waals surface area contributed by atoms with E-state index >= 15 is 0 Å². The van der Waals surface area contributed by atoms with Crippen molar-refractivity contribution in [2.45, 2.75) is 18.6 Å². The van der Waals surface area contributed by atoms with E-state index < -0.39 is 33.6 Å². The van der Waals surface area contributed by atoms with Gasteiger partial charge in [0, 0.05) is 45.3 Å². The number of halogens is 2. The molecule has 25 heavy (non-hydrogen) atoms. The normalized spacial score (nSPS) is 25.7. The Morgan fingerprint density at radius 2 is 1.76 bits per heavy atom. The summed E-state index contributed by atoms with van der Waals surface area (Å²) in [4.78, 5) is 17.1. The van der Waals surface area contributed by atoms with Crippen LogP contribution in [0.5, 0.6) is 0 Å². The van der Waals surface area contributed by atoms with Crippen LogP contribution in [0.25, 0.3) is 0 Å². The number of nitrogens with zero attached hydrogens (tertiary/aromatic N) is 3. The number of amides is 2. The Labute approximate surface area is 145 Å². The van der Waals surface area contributed by atoms with Crippen molar-refractivity contribution in [2.24, 2.45) is 0 Å². The van der Waals surface area contributed by atoms with Gasteiger partial charge in [-0.15, -0.1) is 0 Å². The molecule has 0 N–H and O–H groups in total. The topological polar surface area (TPSA) is 60.9 Å². The third kappa shape index (κ3) is 3.48. The lowest BCUT2D eigenvalue weighted by molar-refractivity contribution is 0.0508. The number of benzene rings is 1. The van der Waals surface area contributed by atoms with E-state index in [-0.39, 0.29) is 29.6 Å². The molecular weight excluding hydrogens is 352 g/mol. The van der Waals surface area contributed by atoms with Gasteiger partial charge in [-0.3, -0.25) is 4.90 Å². The molecule has 0 unspecified atom stereocenters. The number of fused-ring (bicyclic) bond motifs is 1. The lowest BCUT2D eigenvalue weighted by atomic mass is 10.0. The largest absolute Gasteiger partial charge is 0.331 e. The van der Waals surface area contributed by atoms with Crippen LogP contribution < -0.4 is 0 Å². The van der Waals surface area contributed by atoms with Crippen molar-refractivity contribution in [1.29, 1.82) is 0 Å². The van der Waals surface area contributed by atoms with Crippen LogP contribution in [0, 0.1) is 11.6 Å². The van der Waals surface area contributed by atoms with Crippen molar-refractivity contribution in [3.63, 3.8) is 0 Å². The third-order valence-corrected chi connectivity index (χ3v) is 6.54. The lowest BCUT2D eigenvalue weighted by Gasteiger charge is -2.44. The van der Waals surface area contributed by atoms with Crippen LogP contribution >= 0.6 is 0 Å². The van der Waals surface area contributed by atoms with Crippen molar-refractivity contribution in [2.75, 3.05) is 38.7 Å². The molecule has 2 fully saturated rings. The Hall–Kier alpha value is -1.74. The maximum absolute atomic E-state index is 14.0. The second-order valence-corrected chi connectivity index (χ2v) is 8.91. The molecule has 0 radical (unpaired) electrons. The average molecular weight is 373 g/mol. The van der Waals surface area contributed by atoms with E-state index in [1.165, 1.54) is 23.1 Å². The Balaban J connectivity index is 1.87. The van der Waals surface area contributed by atoms with Crippen LogP contribution in [0.4, 0.5) is 13.6 Å². The molecule has 0 bridgehead atoms. The number of hydrogen-bond acceptors (Lipinski definition) is 4. The van der Waals surface area contributed by atoms with Crippen LogP contribution in [0.2, 0.25) is 0 Å². The van der Waals surface area contributed by atoms with Gasteiger partial charge in [0.25, 0.3) is 0 Å². The van der Waals surface area contributed by atoms with Gasteiger partial charge in [0.15, 0.2) is 9.84 Å². The van der Waals surface area contributed by atoms with Crippen molar-refractivity contribution in [3.05, 3.63) is 35.4 Å². The molecule has 0 spiro atoms. The first-order chi connectivity index (χ1) is 11.7. The van der Waals surface area contributed by atoms with E-state index in [1.54, 1.807) is 23.9 Å². The zero-order valence-corrected chi connectivity index (χ0v) is 15.0. The first kappa shape index (κ1) is 18.1. The molecule has 138 valence electrons. The summed E-state index contributed by atoms with van der Waals surface area (Å²) in [5, 5.41) is 0. The Bertz CT molecular complexity index is 765. The Morgan fingerprint density at radius 1 is 1.16 bits per heavy atom. The van der Waals surface area contributed by atoms with Crippen LogP contribution in [0.3, 0.4) is 0 Å². The van der Waals surface area contributed by atoms with E-state index in [0.717, 1.165) is 0 Å². The zero-order valence-electron chi connectivity index (χ0n) is 14.2. The van der Waals surface area contributed by atoms with Crippen LogP contribution in [0.1, 0.15) is 5.56 Å². The minimum Gasteiger partial charge on any atom is -0.331 e. The van der Waals surface area contributed by atoms with E-state index in [4.69, 9.17) is 0 Å². The van der Waals surface area contributed by atoms with Gasteiger partial charge in [-0.05, 0) is 12.1 Å². The molecule has 6 nitrogen and oxygen atoms in total. The summed E-state index contributed by atoms with van der Waals surface area (Å²) in [5.74, 6) is -1.52. The highest BCUT2D eigenvalue weighted by Crippen LogP contribution is 2.29. The van der Waals surface area contributed by atoms with Gasteiger partial charge in [-0.25, -0.2) is 22.0 Å². The van der Waals surface area contributed by atoms with Crippen molar-refractivity contribution < 1.29 is 22.0 Å². The molecule has 2 aliphatic heterocycles. The SMILES string of the molecule is CN(C)C(=O)N1CCN(Cc2c(F)cccc2F)[C@@H]2CS(=O)(=O)C[C@@H]21. The maximum atomic E-state index is 14.0. The molecule has 2 aliphatic rings. The Kier molecular flexibility index (Phi) is 4.72. The molecule has 3 rings (SSSR count). The average Bonchev–Trinajstić information content (AvgIpc) is 2.85. The molecule has 2 atom stereocenters. The van der Waals surface area contributed by atoms with Crippen LogP contribution in [-0.2, 0) is 16.4 Å². The molecule has 2 heterocycles. The van der Waals surface area contributed by atoms with E-state index in [0.29, 0.717) is 13.1 Å². The van der Waals surface area contributed by atoms with E-state index in [1.807, 2.05) is 0 Å². The predicted octanol–water partition coefficient (Wildman–Crippen LogP) is 0.930. The number of piperazine rings is 1. The Morgan fingerprint density at radius 3 is 2.36 bits per heavy atom. The van der Waals surface area contributed by atoms with Gasteiger partial charge < -0.3 is 9.80 Å². The summed E-state index contributed by atoms with van der Waals surface area (Å²) in [6.07, 6.45) is 0. The first-order valence-electron chi connectivity index (χ1n) is 8.05. The first-order valence-corrected chi connectivity index (χ1v) is 9.87. The molecule has 0 saturated carbocycles. The van der Waals surface area contributed by atoms with Gasteiger partial charge in [-0.2, -0.15) is 0 Å². The van der Waals surface area contributed by atoms with Gasteiger partial charge in [0.05, 0.1) is 17.5 Å². The molecule has 0 aliphatic carbocycles. The fourth-order valence-electron chi connectivity index (χ4n) is 3.60. The molecule has 2 amide bonds. The van der Waals surface area contributed by atoms with Crippen LogP contribution in [0.15, 0.2) is 18.2 Å². The summed E-state index contributed by atoms with van der Waals surface area (Å²) < 4.78 is 52.2. The fourth-order valence-corrected chi connectivity index (χ4v) is 5.61. The van der Waals surface area contributed by atoms with Gasteiger partial charge in [0.2, 0.25) is 0 Å². The lowest BCUT2D eigenvalue weighted by Crippen LogP contribution is -2.61. The smallest absolute Gasteiger partial charge is 0.319 e. The summed E-state index contributed by atoms with van der Waals surface area (Å²) in [7, 11) is -0.0820. The highest BCUT2D eigenvalue weighted by molar-refractivity contribution is 7.91. The summed E-state index contributed by atoms with van der Waals surface area (Å²) in [6.45, 7) is 0.674. The van der Waals surface area contributed by atoms with Gasteiger partial charge in [-0.1, -0.05) is 6.07 Å². The standard InChI is InChI=1S/C16H21F2N3O3S/c1-19(2)16(22)21-7-6-20(14-9-25(23,24)10-15(14)21)8-11-12(17)4-3-5-13(11)18/h3-5,14-15H,6-10H2,1-2H3/t14-,15+/m1/s1. The van der Waals surface area contributed by atoms with E-state index in [9.17, 15) is 22.0 Å². The number of hydrogen-bond donors (Lipinski definition) is 0. The maximum Gasteiger partial charge on any atom is 0.319 e.